The molecule has 5 heteroatoms. The molecule has 3 N–H and O–H groups in total. The number of rotatable bonds is 5. The monoisotopic (exact) mass is 216 g/mol. The van der Waals surface area contributed by atoms with Crippen molar-refractivity contribution >= 4 is 7.12 Å². The van der Waals surface area contributed by atoms with Crippen LogP contribution in [0.1, 0.15) is 34.6 Å². The van der Waals surface area contributed by atoms with E-state index in [-0.39, 0.29) is 6.61 Å². The SMILES string of the molecule is C/C(=C\CO)B(O)OC(C)(C)C(C)(C)O. The standard InChI is InChI=1S/C10H21BO4/c1-8(6-7-12)11(14)15-10(4,5)9(2,3)13/h6,12-14H,7H2,1-5H3/b8-6+. The second-order valence-corrected chi connectivity index (χ2v) is 4.67. The predicted octanol–water partition coefficient (Wildman–Crippen LogP) is 0.511. The summed E-state index contributed by atoms with van der Waals surface area (Å²) in [5.41, 5.74) is -1.42. The number of allylic oxidation sites excluding steroid dienone is 1. The first-order valence-electron chi connectivity index (χ1n) is 4.97. The van der Waals surface area contributed by atoms with E-state index in [0.29, 0.717) is 5.47 Å². The molecule has 0 unspecified atom stereocenters. The Morgan fingerprint density at radius 2 is 1.80 bits per heavy atom. The van der Waals surface area contributed by atoms with Crippen molar-refractivity contribution in [2.45, 2.75) is 45.8 Å². The lowest BCUT2D eigenvalue weighted by Crippen LogP contribution is -2.50. The van der Waals surface area contributed by atoms with Gasteiger partial charge in [-0.1, -0.05) is 6.08 Å². The molecule has 0 saturated heterocycles. The summed E-state index contributed by atoms with van der Waals surface area (Å²) in [7, 11) is -1.11. The third kappa shape index (κ3) is 4.34. The highest BCUT2D eigenvalue weighted by Crippen LogP contribution is 2.26. The maximum absolute atomic E-state index is 9.80. The van der Waals surface area contributed by atoms with Crippen molar-refractivity contribution < 1.29 is 19.9 Å². The lowest BCUT2D eigenvalue weighted by atomic mass is 9.76. The Hall–Kier alpha value is -0.355. The first kappa shape index (κ1) is 14.6. The van der Waals surface area contributed by atoms with Gasteiger partial charge in [-0.3, -0.25) is 0 Å². The first-order chi connectivity index (χ1) is 6.62. The van der Waals surface area contributed by atoms with Crippen LogP contribution < -0.4 is 0 Å². The van der Waals surface area contributed by atoms with Gasteiger partial charge in [0.2, 0.25) is 0 Å². The molecule has 0 saturated carbocycles. The highest BCUT2D eigenvalue weighted by Gasteiger charge is 2.39. The fourth-order valence-corrected chi connectivity index (χ4v) is 0.761. The molecule has 0 atom stereocenters. The average molecular weight is 216 g/mol. The minimum absolute atomic E-state index is 0.144. The number of aliphatic hydroxyl groups excluding tert-OH is 1. The molecule has 88 valence electrons. The van der Waals surface area contributed by atoms with E-state index < -0.39 is 18.3 Å². The number of aliphatic hydroxyl groups is 2. The predicted molar refractivity (Wildman–Crippen MR) is 60.3 cm³/mol. The number of hydrogen-bond donors (Lipinski definition) is 3. The topological polar surface area (TPSA) is 69.9 Å². The van der Waals surface area contributed by atoms with Crippen LogP contribution >= 0.6 is 0 Å². The Bertz CT molecular complexity index is 230. The molecule has 4 nitrogen and oxygen atoms in total. The van der Waals surface area contributed by atoms with Crippen molar-refractivity contribution in [2.75, 3.05) is 6.61 Å². The van der Waals surface area contributed by atoms with E-state index >= 15 is 0 Å². The Kier molecular flexibility index (Phi) is 5.00. The third-order valence-electron chi connectivity index (χ3n) is 2.68. The summed E-state index contributed by atoms with van der Waals surface area (Å²) in [5.74, 6) is 0. The average Bonchev–Trinajstić information content (AvgIpc) is 2.01. The van der Waals surface area contributed by atoms with E-state index in [1.807, 2.05) is 0 Å². The van der Waals surface area contributed by atoms with E-state index in [0.717, 1.165) is 0 Å². The Labute approximate surface area is 91.7 Å². The van der Waals surface area contributed by atoms with Crippen LogP contribution in [0.15, 0.2) is 11.5 Å². The van der Waals surface area contributed by atoms with Crippen molar-refractivity contribution in [3.63, 3.8) is 0 Å². The fraction of sp³-hybridized carbons (Fsp3) is 0.800. The zero-order valence-electron chi connectivity index (χ0n) is 10.1. The summed E-state index contributed by atoms with van der Waals surface area (Å²) in [4.78, 5) is 0. The molecule has 0 aromatic carbocycles. The van der Waals surface area contributed by atoms with E-state index in [1.54, 1.807) is 34.6 Å². The van der Waals surface area contributed by atoms with Gasteiger partial charge in [-0.25, -0.2) is 0 Å². The highest BCUT2D eigenvalue weighted by molar-refractivity contribution is 6.52. The van der Waals surface area contributed by atoms with Crippen molar-refractivity contribution in [3.05, 3.63) is 11.5 Å². The molecule has 0 aliphatic rings. The Morgan fingerprint density at radius 1 is 1.33 bits per heavy atom. The van der Waals surface area contributed by atoms with Crippen molar-refractivity contribution in [1.82, 2.24) is 0 Å². The molecule has 0 aliphatic carbocycles. The van der Waals surface area contributed by atoms with E-state index in [4.69, 9.17) is 9.76 Å². The van der Waals surface area contributed by atoms with Crippen LogP contribution in [0.5, 0.6) is 0 Å². The van der Waals surface area contributed by atoms with Gasteiger partial charge in [0.25, 0.3) is 0 Å². The van der Waals surface area contributed by atoms with Crippen LogP contribution in [0.3, 0.4) is 0 Å². The lowest BCUT2D eigenvalue weighted by molar-refractivity contribution is -0.0988. The van der Waals surface area contributed by atoms with E-state index in [1.165, 1.54) is 6.08 Å². The zero-order valence-corrected chi connectivity index (χ0v) is 10.1. The highest BCUT2D eigenvalue weighted by atomic mass is 16.5. The molecule has 0 aliphatic heterocycles. The quantitative estimate of drug-likeness (QED) is 0.585. The van der Waals surface area contributed by atoms with Gasteiger partial charge in [0, 0.05) is 0 Å². The summed E-state index contributed by atoms with van der Waals surface area (Å²) in [6, 6.07) is 0. The largest absolute Gasteiger partial charge is 0.486 e. The minimum Gasteiger partial charge on any atom is -0.423 e. The van der Waals surface area contributed by atoms with Crippen LogP contribution in [0, 0.1) is 0 Å². The minimum atomic E-state index is -1.11. The normalized spacial score (nSPS) is 14.3. The molecule has 15 heavy (non-hydrogen) atoms. The molecule has 0 amide bonds. The van der Waals surface area contributed by atoms with Crippen LogP contribution in [-0.2, 0) is 4.65 Å². The van der Waals surface area contributed by atoms with Crippen molar-refractivity contribution in [2.24, 2.45) is 0 Å². The maximum Gasteiger partial charge on any atom is 0.486 e. The molecule has 0 spiro atoms. The summed E-state index contributed by atoms with van der Waals surface area (Å²) >= 11 is 0. The Balaban J connectivity index is 4.54. The Morgan fingerprint density at radius 3 is 2.13 bits per heavy atom. The molecule has 0 heterocycles. The smallest absolute Gasteiger partial charge is 0.423 e. The van der Waals surface area contributed by atoms with Crippen molar-refractivity contribution in [3.8, 4) is 0 Å². The van der Waals surface area contributed by atoms with Gasteiger partial charge in [-0.2, -0.15) is 0 Å². The molecule has 0 aromatic heterocycles. The van der Waals surface area contributed by atoms with Crippen LogP contribution in [0.2, 0.25) is 0 Å². The summed E-state index contributed by atoms with van der Waals surface area (Å²) < 4.78 is 5.34. The first-order valence-corrected chi connectivity index (χ1v) is 4.97. The fourth-order valence-electron chi connectivity index (χ4n) is 0.761. The van der Waals surface area contributed by atoms with Gasteiger partial charge in [-0.15, -0.1) is 0 Å². The molecule has 0 fully saturated rings. The van der Waals surface area contributed by atoms with Gasteiger partial charge in [-0.05, 0) is 40.1 Å². The third-order valence-corrected chi connectivity index (χ3v) is 2.68. The van der Waals surface area contributed by atoms with Gasteiger partial charge in [0.15, 0.2) is 0 Å². The van der Waals surface area contributed by atoms with E-state index in [9.17, 15) is 10.1 Å². The molecular weight excluding hydrogens is 195 g/mol. The van der Waals surface area contributed by atoms with Crippen LogP contribution in [0.4, 0.5) is 0 Å². The van der Waals surface area contributed by atoms with Gasteiger partial charge < -0.3 is 19.9 Å². The summed E-state index contributed by atoms with van der Waals surface area (Å²) in [6.07, 6.45) is 1.46. The second-order valence-electron chi connectivity index (χ2n) is 4.67. The second kappa shape index (κ2) is 5.12. The van der Waals surface area contributed by atoms with Gasteiger partial charge in [0.1, 0.15) is 0 Å². The van der Waals surface area contributed by atoms with Crippen molar-refractivity contribution in [1.29, 1.82) is 0 Å². The van der Waals surface area contributed by atoms with Crippen LogP contribution in [0.25, 0.3) is 0 Å². The molecule has 0 radical (unpaired) electrons. The van der Waals surface area contributed by atoms with Crippen LogP contribution in [-0.4, -0.2) is 40.2 Å². The van der Waals surface area contributed by atoms with Gasteiger partial charge >= 0.3 is 7.12 Å². The lowest BCUT2D eigenvalue weighted by Gasteiger charge is -2.38. The summed E-state index contributed by atoms with van der Waals surface area (Å²) in [5, 5.41) is 28.1. The van der Waals surface area contributed by atoms with E-state index in [2.05, 4.69) is 0 Å². The number of hydrogen-bond acceptors (Lipinski definition) is 4. The maximum atomic E-state index is 9.80. The molecule has 0 aromatic rings. The molecule has 0 bridgehead atoms. The molecular formula is C10H21BO4. The van der Waals surface area contributed by atoms with Gasteiger partial charge in [0.05, 0.1) is 17.8 Å². The summed E-state index contributed by atoms with van der Waals surface area (Å²) in [6.45, 7) is 8.14. The molecule has 0 rings (SSSR count). The zero-order chi connectivity index (χ0) is 12.3.